The molecule has 0 spiro atoms. The third kappa shape index (κ3) is 4.37. The van der Waals surface area contributed by atoms with Gasteiger partial charge in [0.2, 0.25) is 0 Å². The number of anilines is 1. The molecule has 25 heavy (non-hydrogen) atoms. The zero-order chi connectivity index (χ0) is 17.6. The number of hydrogen-bond acceptors (Lipinski definition) is 3. The Kier molecular flexibility index (Phi) is 6.03. The molecule has 2 nitrogen and oxygen atoms in total. The second kappa shape index (κ2) is 8.43. The molecular formula is C21H20ClNOS. The zero-order valence-corrected chi connectivity index (χ0v) is 15.6. The molecular weight excluding hydrogens is 350 g/mol. The van der Waals surface area contributed by atoms with E-state index in [-0.39, 0.29) is 6.61 Å². The summed E-state index contributed by atoms with van der Waals surface area (Å²) < 4.78 is 0. The Bertz CT molecular complexity index is 866. The first-order valence-electron chi connectivity index (χ1n) is 8.12. The summed E-state index contributed by atoms with van der Waals surface area (Å²) in [6.07, 6.45) is 0. The van der Waals surface area contributed by atoms with Gasteiger partial charge in [0.05, 0.1) is 11.6 Å². The number of benzene rings is 3. The number of halogens is 1. The molecule has 0 fully saturated rings. The van der Waals surface area contributed by atoms with Gasteiger partial charge < -0.3 is 10.4 Å². The number of hydrogen-bond donors (Lipinski definition) is 2. The lowest BCUT2D eigenvalue weighted by Gasteiger charge is -2.14. The van der Waals surface area contributed by atoms with E-state index in [4.69, 9.17) is 11.6 Å². The minimum Gasteiger partial charge on any atom is -0.392 e. The van der Waals surface area contributed by atoms with Crippen LogP contribution in [-0.2, 0) is 13.2 Å². The van der Waals surface area contributed by atoms with Crippen molar-refractivity contribution in [3.63, 3.8) is 0 Å². The van der Waals surface area contributed by atoms with E-state index in [1.54, 1.807) is 11.8 Å². The van der Waals surface area contributed by atoms with E-state index in [2.05, 4.69) is 17.4 Å². The van der Waals surface area contributed by atoms with Gasteiger partial charge in [-0.3, -0.25) is 0 Å². The summed E-state index contributed by atoms with van der Waals surface area (Å²) in [7, 11) is 0. The first kappa shape index (κ1) is 17.9. The Morgan fingerprint density at radius 3 is 2.32 bits per heavy atom. The summed E-state index contributed by atoms with van der Waals surface area (Å²) in [5.41, 5.74) is 4.29. The van der Waals surface area contributed by atoms with Crippen LogP contribution in [0.25, 0.3) is 0 Å². The van der Waals surface area contributed by atoms with Gasteiger partial charge in [-0.05, 0) is 47.9 Å². The third-order valence-electron chi connectivity index (χ3n) is 4.11. The first-order chi connectivity index (χ1) is 12.2. The van der Waals surface area contributed by atoms with Crippen LogP contribution in [0.2, 0.25) is 5.02 Å². The van der Waals surface area contributed by atoms with E-state index in [0.717, 1.165) is 26.7 Å². The third-order valence-corrected chi connectivity index (χ3v) is 5.75. The minimum atomic E-state index is 0.0559. The van der Waals surface area contributed by atoms with Gasteiger partial charge in [0.15, 0.2) is 0 Å². The van der Waals surface area contributed by atoms with Crippen molar-refractivity contribution in [3.8, 4) is 0 Å². The molecule has 0 aliphatic carbocycles. The summed E-state index contributed by atoms with van der Waals surface area (Å²) in [4.78, 5) is 2.23. The summed E-state index contributed by atoms with van der Waals surface area (Å²) in [5.74, 6) is 0. The van der Waals surface area contributed by atoms with E-state index in [9.17, 15) is 5.11 Å². The summed E-state index contributed by atoms with van der Waals surface area (Å²) in [6, 6.07) is 22.2. The molecule has 0 bridgehead atoms. The maximum atomic E-state index is 9.42. The van der Waals surface area contributed by atoms with Crippen LogP contribution >= 0.6 is 23.4 Å². The summed E-state index contributed by atoms with van der Waals surface area (Å²) in [5, 5.41) is 13.7. The molecule has 3 aromatic rings. The Morgan fingerprint density at radius 2 is 1.56 bits per heavy atom. The van der Waals surface area contributed by atoms with E-state index in [0.29, 0.717) is 6.54 Å². The van der Waals surface area contributed by atoms with Crippen molar-refractivity contribution in [2.24, 2.45) is 0 Å². The van der Waals surface area contributed by atoms with Crippen LogP contribution in [0.1, 0.15) is 16.7 Å². The molecule has 0 aliphatic heterocycles. The lowest BCUT2D eigenvalue weighted by molar-refractivity contribution is 0.281. The lowest BCUT2D eigenvalue weighted by Crippen LogP contribution is -2.03. The van der Waals surface area contributed by atoms with Gasteiger partial charge in [-0.25, -0.2) is 0 Å². The van der Waals surface area contributed by atoms with Crippen LogP contribution < -0.4 is 5.32 Å². The average Bonchev–Trinajstić information content (AvgIpc) is 2.64. The molecule has 0 atom stereocenters. The highest BCUT2D eigenvalue weighted by Gasteiger charge is 2.08. The van der Waals surface area contributed by atoms with E-state index in [1.807, 2.05) is 61.5 Å². The molecule has 0 aliphatic rings. The fraction of sp³-hybridized carbons (Fsp3) is 0.143. The molecule has 0 aromatic heterocycles. The fourth-order valence-corrected chi connectivity index (χ4v) is 3.85. The number of nitrogens with one attached hydrogen (secondary N) is 1. The maximum absolute atomic E-state index is 9.42. The van der Waals surface area contributed by atoms with Gasteiger partial charge in [0.1, 0.15) is 0 Å². The van der Waals surface area contributed by atoms with Gasteiger partial charge in [0.25, 0.3) is 0 Å². The van der Waals surface area contributed by atoms with Crippen molar-refractivity contribution in [1.82, 2.24) is 0 Å². The quantitative estimate of drug-likeness (QED) is 0.567. The van der Waals surface area contributed by atoms with Gasteiger partial charge >= 0.3 is 0 Å². The fourth-order valence-electron chi connectivity index (χ4n) is 2.63. The van der Waals surface area contributed by atoms with Crippen molar-refractivity contribution in [2.45, 2.75) is 29.9 Å². The van der Waals surface area contributed by atoms with E-state index < -0.39 is 0 Å². The number of aliphatic hydroxyl groups is 1. The lowest BCUT2D eigenvalue weighted by atomic mass is 10.1. The molecule has 0 amide bonds. The predicted molar refractivity (Wildman–Crippen MR) is 106 cm³/mol. The van der Waals surface area contributed by atoms with Crippen LogP contribution in [0.3, 0.4) is 0 Å². The first-order valence-corrected chi connectivity index (χ1v) is 9.32. The normalized spacial score (nSPS) is 10.7. The summed E-state index contributed by atoms with van der Waals surface area (Å²) >= 11 is 7.97. The molecule has 0 saturated carbocycles. The highest BCUT2D eigenvalue weighted by Crippen LogP contribution is 2.35. The SMILES string of the molecule is Cc1c(CO)cccc1NCc1ccccc1Sc1ccccc1Cl. The van der Waals surface area contributed by atoms with Crippen LogP contribution in [-0.4, -0.2) is 5.11 Å². The average molecular weight is 370 g/mol. The number of aliphatic hydroxyl groups excluding tert-OH is 1. The minimum absolute atomic E-state index is 0.0559. The molecule has 4 heteroatoms. The standard InChI is InChI=1S/C21H20ClNOS/c1-15-17(14-24)8-6-10-19(15)23-13-16-7-2-4-11-20(16)25-21-12-5-3-9-18(21)22/h2-12,23-24H,13-14H2,1H3. The molecule has 0 radical (unpaired) electrons. The summed E-state index contributed by atoms with van der Waals surface area (Å²) in [6.45, 7) is 2.79. The van der Waals surface area contributed by atoms with Gasteiger partial charge in [-0.2, -0.15) is 0 Å². The highest BCUT2D eigenvalue weighted by molar-refractivity contribution is 7.99. The Hall–Kier alpha value is -1.94. The molecule has 0 unspecified atom stereocenters. The highest BCUT2D eigenvalue weighted by atomic mass is 35.5. The second-order valence-electron chi connectivity index (χ2n) is 5.74. The smallest absolute Gasteiger partial charge is 0.0685 e. The van der Waals surface area contributed by atoms with Gasteiger partial charge in [-0.15, -0.1) is 0 Å². The van der Waals surface area contributed by atoms with Gasteiger partial charge in [-0.1, -0.05) is 65.8 Å². The molecule has 3 rings (SSSR count). The van der Waals surface area contributed by atoms with Crippen molar-refractivity contribution in [1.29, 1.82) is 0 Å². The predicted octanol–water partition coefficient (Wildman–Crippen LogP) is 5.90. The molecule has 2 N–H and O–H groups in total. The topological polar surface area (TPSA) is 32.3 Å². The van der Waals surface area contributed by atoms with Crippen molar-refractivity contribution >= 4 is 29.1 Å². The largest absolute Gasteiger partial charge is 0.392 e. The van der Waals surface area contributed by atoms with E-state index in [1.165, 1.54) is 10.5 Å². The Morgan fingerprint density at radius 1 is 0.880 bits per heavy atom. The van der Waals surface area contributed by atoms with Crippen LogP contribution in [0.5, 0.6) is 0 Å². The van der Waals surface area contributed by atoms with Crippen molar-refractivity contribution in [2.75, 3.05) is 5.32 Å². The van der Waals surface area contributed by atoms with Crippen LogP contribution in [0.15, 0.2) is 76.5 Å². The maximum Gasteiger partial charge on any atom is 0.0685 e. The molecule has 0 heterocycles. The van der Waals surface area contributed by atoms with Crippen molar-refractivity contribution < 1.29 is 5.11 Å². The Labute approximate surface area is 157 Å². The van der Waals surface area contributed by atoms with Crippen LogP contribution in [0.4, 0.5) is 5.69 Å². The molecule has 0 saturated heterocycles. The van der Waals surface area contributed by atoms with Crippen molar-refractivity contribution in [3.05, 3.63) is 88.4 Å². The van der Waals surface area contributed by atoms with Gasteiger partial charge in [0, 0.05) is 22.0 Å². The second-order valence-corrected chi connectivity index (χ2v) is 7.23. The van der Waals surface area contributed by atoms with Crippen LogP contribution in [0, 0.1) is 6.92 Å². The zero-order valence-electron chi connectivity index (χ0n) is 14.0. The molecule has 3 aromatic carbocycles. The number of rotatable bonds is 6. The monoisotopic (exact) mass is 369 g/mol. The van der Waals surface area contributed by atoms with E-state index >= 15 is 0 Å². The Balaban J connectivity index is 1.79. The molecule has 128 valence electrons.